The lowest BCUT2D eigenvalue weighted by Gasteiger charge is -2.15. The lowest BCUT2D eigenvalue weighted by molar-refractivity contribution is -0.139. The van der Waals surface area contributed by atoms with Gasteiger partial charge >= 0.3 is 11.6 Å². The number of rotatable bonds is 4. The number of halogens is 3. The molecule has 0 saturated carbocycles. The van der Waals surface area contributed by atoms with Crippen molar-refractivity contribution in [3.05, 3.63) is 121 Å². The molecule has 0 bridgehead atoms. The van der Waals surface area contributed by atoms with E-state index < -0.39 is 28.6 Å². The zero-order valence-electron chi connectivity index (χ0n) is 22.0. The minimum absolute atomic E-state index is 0.0465. The molecular weight excluding hydrogens is 562 g/mol. The number of fused-ring (bicyclic) bond motifs is 2. The second-order valence-corrected chi connectivity index (χ2v) is 10.2. The third-order valence-corrected chi connectivity index (χ3v) is 7.63. The average molecular weight is 583 g/mol. The molecule has 1 aliphatic rings. The number of aromatic amines is 1. The molecule has 0 atom stereocenters. The fourth-order valence-electron chi connectivity index (χ4n) is 5.30. The van der Waals surface area contributed by atoms with Crippen molar-refractivity contribution in [1.82, 2.24) is 9.55 Å². The molecule has 1 amide bonds. The van der Waals surface area contributed by atoms with Crippen LogP contribution >= 0.6 is 11.6 Å². The van der Waals surface area contributed by atoms with Gasteiger partial charge < -0.3 is 10.3 Å². The molecule has 5 aromatic rings. The lowest BCUT2D eigenvalue weighted by atomic mass is 9.92. The van der Waals surface area contributed by atoms with E-state index in [1.807, 2.05) is 6.07 Å². The van der Waals surface area contributed by atoms with Gasteiger partial charge in [0.05, 0.1) is 22.2 Å². The Balaban J connectivity index is 1.53. The molecule has 10 heteroatoms. The van der Waals surface area contributed by atoms with Gasteiger partial charge in [0.1, 0.15) is 0 Å². The monoisotopic (exact) mass is 582 g/mol. The van der Waals surface area contributed by atoms with Crippen LogP contribution in [-0.2, 0) is 10.7 Å². The third kappa shape index (κ3) is 4.26. The Labute approximate surface area is 241 Å². The van der Waals surface area contributed by atoms with Crippen LogP contribution in [0.15, 0.2) is 93.4 Å². The highest BCUT2D eigenvalue weighted by Gasteiger charge is 2.48. The molecule has 2 N–H and O–H groups in total. The number of nitrogens with zero attached hydrogens (tertiary/aromatic N) is 2. The maximum atomic E-state index is 14.5. The van der Waals surface area contributed by atoms with Crippen LogP contribution in [0.1, 0.15) is 12.5 Å². The smallest absolute Gasteiger partial charge is 0.320 e. The number of aromatic nitrogens is 2. The number of benzene rings is 4. The Kier molecular flexibility index (Phi) is 6.46. The Morgan fingerprint density at radius 1 is 0.976 bits per heavy atom. The molecule has 1 aliphatic heterocycles. The van der Waals surface area contributed by atoms with Crippen molar-refractivity contribution in [2.75, 3.05) is 5.32 Å². The SMILES string of the molecule is C=N/C=c1/cccc/c1=C(/C)n1c(=O)[nH]c2cc(-c3c(Cl)cccc3-c3ccc4c(c3)C(F)(F)C(=O)N4)ccc2c1=O. The first-order valence-corrected chi connectivity index (χ1v) is 13.1. The Morgan fingerprint density at radius 2 is 1.74 bits per heavy atom. The van der Waals surface area contributed by atoms with Crippen molar-refractivity contribution in [3.63, 3.8) is 0 Å². The van der Waals surface area contributed by atoms with E-state index in [4.69, 9.17) is 11.6 Å². The summed E-state index contributed by atoms with van der Waals surface area (Å²) in [5.74, 6) is -5.04. The number of carbonyl (C=O) groups is 1. The number of hydrogen-bond acceptors (Lipinski definition) is 4. The first-order chi connectivity index (χ1) is 20.1. The second kappa shape index (κ2) is 10.0. The van der Waals surface area contributed by atoms with Gasteiger partial charge in [-0.2, -0.15) is 8.78 Å². The summed E-state index contributed by atoms with van der Waals surface area (Å²) < 4.78 is 30.1. The van der Waals surface area contributed by atoms with Crippen LogP contribution in [0.25, 0.3) is 45.1 Å². The van der Waals surface area contributed by atoms with Gasteiger partial charge in [0.15, 0.2) is 0 Å². The van der Waals surface area contributed by atoms with Gasteiger partial charge in [-0.25, -0.2) is 9.36 Å². The van der Waals surface area contributed by atoms with E-state index in [1.54, 1.807) is 73.8 Å². The largest absolute Gasteiger partial charge is 0.352 e. The summed E-state index contributed by atoms with van der Waals surface area (Å²) >= 11 is 6.63. The summed E-state index contributed by atoms with van der Waals surface area (Å²) in [7, 11) is 0. The predicted octanol–water partition coefficient (Wildman–Crippen LogP) is 4.84. The van der Waals surface area contributed by atoms with Gasteiger partial charge in [0, 0.05) is 32.9 Å². The Bertz CT molecular complexity index is 2220. The minimum atomic E-state index is -3.66. The molecule has 2 heterocycles. The number of carbonyl (C=O) groups excluding carboxylic acids is 1. The zero-order chi connectivity index (χ0) is 29.8. The van der Waals surface area contributed by atoms with E-state index in [1.165, 1.54) is 12.1 Å². The van der Waals surface area contributed by atoms with Crippen LogP contribution in [0, 0.1) is 0 Å². The maximum Gasteiger partial charge on any atom is 0.352 e. The summed E-state index contributed by atoms with van der Waals surface area (Å²) in [5.41, 5.74) is 1.17. The lowest BCUT2D eigenvalue weighted by Crippen LogP contribution is -2.39. The molecule has 1 aromatic heterocycles. The molecule has 7 nitrogen and oxygen atoms in total. The number of H-pyrrole nitrogens is 1. The first kappa shape index (κ1) is 27.0. The molecule has 0 radical (unpaired) electrons. The van der Waals surface area contributed by atoms with Crippen molar-refractivity contribution in [1.29, 1.82) is 0 Å². The minimum Gasteiger partial charge on any atom is -0.320 e. The quantitative estimate of drug-likeness (QED) is 0.297. The summed E-state index contributed by atoms with van der Waals surface area (Å²) in [5, 5.41) is 4.13. The van der Waals surface area contributed by atoms with Crippen molar-refractivity contribution in [2.45, 2.75) is 12.8 Å². The Hall–Kier alpha value is -5.15. The van der Waals surface area contributed by atoms with Crippen molar-refractivity contribution in [2.24, 2.45) is 4.99 Å². The van der Waals surface area contributed by atoms with E-state index in [-0.39, 0.29) is 16.6 Å². The molecule has 0 aliphatic carbocycles. The molecule has 6 rings (SSSR count). The van der Waals surface area contributed by atoms with E-state index >= 15 is 0 Å². The number of amides is 1. The van der Waals surface area contributed by atoms with E-state index in [2.05, 4.69) is 22.0 Å². The number of nitrogens with one attached hydrogen (secondary N) is 2. The molecule has 208 valence electrons. The van der Waals surface area contributed by atoms with E-state index in [9.17, 15) is 23.2 Å². The summed E-state index contributed by atoms with van der Waals surface area (Å²) in [4.78, 5) is 45.2. The van der Waals surface area contributed by atoms with Gasteiger partial charge in [-0.3, -0.25) is 14.6 Å². The van der Waals surface area contributed by atoms with E-state index in [0.717, 1.165) is 4.57 Å². The maximum absolute atomic E-state index is 14.5. The summed E-state index contributed by atoms with van der Waals surface area (Å²) in [6, 6.07) is 21.5. The van der Waals surface area contributed by atoms with Gasteiger partial charge in [-0.1, -0.05) is 60.1 Å². The van der Waals surface area contributed by atoms with Crippen LogP contribution in [0.2, 0.25) is 5.02 Å². The molecule has 0 spiro atoms. The number of anilines is 1. The Morgan fingerprint density at radius 3 is 2.52 bits per heavy atom. The van der Waals surface area contributed by atoms with Crippen molar-refractivity contribution < 1.29 is 13.6 Å². The predicted molar refractivity (Wildman–Crippen MR) is 161 cm³/mol. The van der Waals surface area contributed by atoms with Gasteiger partial charge in [-0.15, -0.1) is 0 Å². The highest BCUT2D eigenvalue weighted by molar-refractivity contribution is 6.34. The highest BCUT2D eigenvalue weighted by atomic mass is 35.5. The van der Waals surface area contributed by atoms with Gasteiger partial charge in [-0.05, 0) is 60.7 Å². The van der Waals surface area contributed by atoms with Crippen LogP contribution in [0.4, 0.5) is 14.5 Å². The number of alkyl halides is 2. The first-order valence-electron chi connectivity index (χ1n) is 12.8. The molecule has 0 fully saturated rings. The standard InChI is InChI=1S/C32H21ClF2N4O3/c1-17(21-7-4-3-6-20(21)16-36-2)39-29(40)23-12-10-19(15-27(23)38-31(39)42)28-22(8-5-9-25(28)33)18-11-13-26-24(14-18)32(34,35)30(41)37-26/h3-16H,2H2,1H3,(H,37,41)(H,38,42)/b20-16-,21-17+. The molecule has 4 aromatic carbocycles. The number of hydrogen-bond donors (Lipinski definition) is 2. The van der Waals surface area contributed by atoms with Crippen LogP contribution in [0.5, 0.6) is 0 Å². The summed E-state index contributed by atoms with van der Waals surface area (Å²) in [6.07, 6.45) is 1.54. The molecule has 42 heavy (non-hydrogen) atoms. The second-order valence-electron chi connectivity index (χ2n) is 9.77. The molecular formula is C32H21ClF2N4O3. The highest BCUT2D eigenvalue weighted by Crippen LogP contribution is 2.44. The topological polar surface area (TPSA) is 96.3 Å². The van der Waals surface area contributed by atoms with E-state index in [0.29, 0.717) is 43.4 Å². The van der Waals surface area contributed by atoms with Crippen molar-refractivity contribution in [3.8, 4) is 22.3 Å². The molecule has 0 saturated heterocycles. The number of aliphatic imine (C=N–C) groups is 1. The molecule has 0 unspecified atom stereocenters. The fourth-order valence-corrected chi connectivity index (χ4v) is 5.58. The van der Waals surface area contributed by atoms with Crippen LogP contribution < -0.4 is 27.0 Å². The average Bonchev–Trinajstić information content (AvgIpc) is 3.20. The van der Waals surface area contributed by atoms with Crippen LogP contribution in [-0.4, -0.2) is 22.2 Å². The third-order valence-electron chi connectivity index (χ3n) is 7.32. The zero-order valence-corrected chi connectivity index (χ0v) is 22.8. The van der Waals surface area contributed by atoms with Gasteiger partial charge in [0.2, 0.25) is 0 Å². The fraction of sp³-hybridized carbons (Fsp3) is 0.0625. The van der Waals surface area contributed by atoms with Gasteiger partial charge in [0.25, 0.3) is 11.5 Å². The normalized spacial score (nSPS) is 15.0. The van der Waals surface area contributed by atoms with Crippen molar-refractivity contribution >= 4 is 52.7 Å². The summed E-state index contributed by atoms with van der Waals surface area (Å²) in [6.45, 7) is 5.16. The van der Waals surface area contributed by atoms with Crippen LogP contribution in [0.3, 0.4) is 0 Å².